The number of carbonyl (C=O) groups is 1. The Morgan fingerprint density at radius 1 is 1.35 bits per heavy atom. The molecule has 2 aliphatic rings. The number of amides is 1. The minimum Gasteiger partial charge on any atom is -0.375 e. The largest absolute Gasteiger partial charge is 0.375 e. The first kappa shape index (κ1) is 17.3. The predicted molar refractivity (Wildman–Crippen MR) is 101 cm³/mol. The zero-order valence-corrected chi connectivity index (χ0v) is 15.7. The summed E-state index contributed by atoms with van der Waals surface area (Å²) >= 11 is 0. The number of imidazole rings is 1. The molecule has 6 heteroatoms. The zero-order chi connectivity index (χ0) is 18.5. The molecule has 4 rings (SSSR count). The molecule has 1 aliphatic carbocycles. The molecule has 1 aliphatic heterocycles. The predicted octanol–water partition coefficient (Wildman–Crippen LogP) is 3.08. The van der Waals surface area contributed by atoms with Crippen LogP contribution in [0.2, 0.25) is 0 Å². The van der Waals surface area contributed by atoms with Gasteiger partial charge in [-0.05, 0) is 64.7 Å². The highest BCUT2D eigenvalue weighted by atomic mass is 16.5. The summed E-state index contributed by atoms with van der Waals surface area (Å²) in [4.78, 5) is 30.3. The van der Waals surface area contributed by atoms with E-state index >= 15 is 0 Å². The topological polar surface area (TPSA) is 67.3 Å². The van der Waals surface area contributed by atoms with Crippen LogP contribution in [0.1, 0.15) is 62.9 Å². The number of H-pyrrole nitrogens is 1. The molecule has 1 unspecified atom stereocenters. The number of aromatic amines is 1. The average Bonchev–Trinajstić information content (AvgIpc) is 3.36. The maximum absolute atomic E-state index is 13.2. The monoisotopic (exact) mass is 357 g/mol. The molecule has 2 fully saturated rings. The van der Waals surface area contributed by atoms with E-state index in [2.05, 4.69) is 18.8 Å². The number of nitrogens with zero attached hydrogens (tertiary/aromatic N) is 2. The van der Waals surface area contributed by atoms with Gasteiger partial charge in [-0.2, -0.15) is 0 Å². The molecule has 1 saturated heterocycles. The van der Waals surface area contributed by atoms with E-state index in [1.54, 1.807) is 4.57 Å². The summed E-state index contributed by atoms with van der Waals surface area (Å²) in [6.07, 6.45) is 3.76. The van der Waals surface area contributed by atoms with Crippen LogP contribution in [0.25, 0.3) is 11.0 Å². The van der Waals surface area contributed by atoms with Gasteiger partial charge in [0, 0.05) is 30.8 Å². The summed E-state index contributed by atoms with van der Waals surface area (Å²) in [5.74, 6) is 0.0353. The molecular weight excluding hydrogens is 330 g/mol. The van der Waals surface area contributed by atoms with Crippen LogP contribution in [0, 0.1) is 0 Å². The van der Waals surface area contributed by atoms with Crippen LogP contribution in [-0.4, -0.2) is 45.2 Å². The number of carbonyl (C=O) groups excluding carboxylic acids is 1. The van der Waals surface area contributed by atoms with Crippen molar-refractivity contribution in [1.29, 1.82) is 0 Å². The zero-order valence-electron chi connectivity index (χ0n) is 15.7. The fourth-order valence-electron chi connectivity index (χ4n) is 4.15. The Bertz CT molecular complexity index is 891. The molecule has 0 spiro atoms. The fourth-order valence-corrected chi connectivity index (χ4v) is 4.15. The van der Waals surface area contributed by atoms with Gasteiger partial charge in [0.25, 0.3) is 5.91 Å². The molecule has 2 aromatic rings. The van der Waals surface area contributed by atoms with Crippen molar-refractivity contribution in [2.75, 3.05) is 13.2 Å². The van der Waals surface area contributed by atoms with Crippen molar-refractivity contribution in [3.63, 3.8) is 0 Å². The second-order valence-electron chi connectivity index (χ2n) is 8.11. The molecule has 1 N–H and O–H groups in total. The summed E-state index contributed by atoms with van der Waals surface area (Å²) in [7, 11) is 0. The van der Waals surface area contributed by atoms with Crippen molar-refractivity contribution in [1.82, 2.24) is 14.5 Å². The summed E-state index contributed by atoms with van der Waals surface area (Å²) in [6, 6.07) is 6.01. The molecule has 26 heavy (non-hydrogen) atoms. The highest BCUT2D eigenvalue weighted by Gasteiger charge is 2.34. The third-order valence-corrected chi connectivity index (χ3v) is 5.59. The third kappa shape index (κ3) is 3.07. The summed E-state index contributed by atoms with van der Waals surface area (Å²) in [6.45, 7) is 7.53. The highest BCUT2D eigenvalue weighted by molar-refractivity contribution is 5.97. The van der Waals surface area contributed by atoms with Crippen molar-refractivity contribution in [3.05, 3.63) is 34.2 Å². The van der Waals surface area contributed by atoms with Crippen LogP contribution >= 0.6 is 0 Å². The normalized spacial score (nSPS) is 22.5. The lowest BCUT2D eigenvalue weighted by molar-refractivity contribution is -0.0777. The van der Waals surface area contributed by atoms with Crippen molar-refractivity contribution >= 4 is 16.9 Å². The molecule has 0 radical (unpaired) electrons. The Morgan fingerprint density at radius 3 is 2.77 bits per heavy atom. The SMILES string of the molecule is CCN(C(=O)c1ccc2[nH]c(=O)n(C3CC3)c2c1)C1CCOC(C)(C)C1. The van der Waals surface area contributed by atoms with Crippen LogP contribution in [0.5, 0.6) is 0 Å². The lowest BCUT2D eigenvalue weighted by Crippen LogP contribution is -2.48. The maximum atomic E-state index is 13.2. The quantitative estimate of drug-likeness (QED) is 0.914. The first-order chi connectivity index (χ1) is 12.4. The number of rotatable bonds is 4. The van der Waals surface area contributed by atoms with Crippen LogP contribution in [-0.2, 0) is 4.74 Å². The van der Waals surface area contributed by atoms with E-state index in [0.29, 0.717) is 18.7 Å². The van der Waals surface area contributed by atoms with Gasteiger partial charge < -0.3 is 14.6 Å². The molecule has 1 saturated carbocycles. The number of hydrogen-bond acceptors (Lipinski definition) is 3. The fraction of sp³-hybridized carbons (Fsp3) is 0.600. The molecule has 6 nitrogen and oxygen atoms in total. The van der Waals surface area contributed by atoms with E-state index in [1.807, 2.05) is 30.0 Å². The smallest absolute Gasteiger partial charge is 0.326 e. The Kier molecular flexibility index (Phi) is 4.18. The molecular formula is C20H27N3O3. The van der Waals surface area contributed by atoms with Crippen LogP contribution in [0.4, 0.5) is 0 Å². The summed E-state index contributed by atoms with van der Waals surface area (Å²) in [5.41, 5.74) is 2.01. The van der Waals surface area contributed by atoms with Gasteiger partial charge in [0.15, 0.2) is 0 Å². The van der Waals surface area contributed by atoms with E-state index in [0.717, 1.165) is 36.7 Å². The van der Waals surface area contributed by atoms with Crippen LogP contribution < -0.4 is 5.69 Å². The van der Waals surface area contributed by atoms with Crippen molar-refractivity contribution in [2.24, 2.45) is 0 Å². The number of aromatic nitrogens is 2. The third-order valence-electron chi connectivity index (χ3n) is 5.59. The van der Waals surface area contributed by atoms with E-state index in [1.165, 1.54) is 0 Å². The lowest BCUT2D eigenvalue weighted by Gasteiger charge is -2.41. The Hall–Kier alpha value is -2.08. The summed E-state index contributed by atoms with van der Waals surface area (Å²) in [5, 5.41) is 0. The highest BCUT2D eigenvalue weighted by Crippen LogP contribution is 2.36. The number of nitrogens with one attached hydrogen (secondary N) is 1. The van der Waals surface area contributed by atoms with Crippen molar-refractivity contribution in [2.45, 2.75) is 64.1 Å². The molecule has 2 heterocycles. The number of hydrogen-bond donors (Lipinski definition) is 1. The van der Waals surface area contributed by atoms with Crippen molar-refractivity contribution in [3.8, 4) is 0 Å². The minimum atomic E-state index is -0.201. The number of fused-ring (bicyclic) bond motifs is 1. The lowest BCUT2D eigenvalue weighted by atomic mass is 9.92. The van der Waals surface area contributed by atoms with Gasteiger partial charge in [-0.1, -0.05) is 0 Å². The second kappa shape index (κ2) is 6.27. The van der Waals surface area contributed by atoms with Crippen LogP contribution in [0.3, 0.4) is 0 Å². The molecule has 1 aromatic carbocycles. The van der Waals surface area contributed by atoms with Crippen molar-refractivity contribution < 1.29 is 9.53 Å². The minimum absolute atomic E-state index is 0.0353. The Balaban J connectivity index is 1.66. The van der Waals surface area contributed by atoms with E-state index in [4.69, 9.17) is 4.74 Å². The summed E-state index contributed by atoms with van der Waals surface area (Å²) < 4.78 is 7.61. The second-order valence-corrected chi connectivity index (χ2v) is 8.11. The van der Waals surface area contributed by atoms with Gasteiger partial charge in [-0.15, -0.1) is 0 Å². The molecule has 1 amide bonds. The number of benzene rings is 1. The van der Waals surface area contributed by atoms with Crippen LogP contribution in [0.15, 0.2) is 23.0 Å². The maximum Gasteiger partial charge on any atom is 0.326 e. The molecule has 1 aromatic heterocycles. The molecule has 0 bridgehead atoms. The van der Waals surface area contributed by atoms with Gasteiger partial charge in [0.05, 0.1) is 16.6 Å². The Morgan fingerprint density at radius 2 is 2.12 bits per heavy atom. The van der Waals surface area contributed by atoms with Gasteiger partial charge in [-0.25, -0.2) is 4.79 Å². The Labute approximate surface area is 153 Å². The average molecular weight is 357 g/mol. The molecule has 1 atom stereocenters. The van der Waals surface area contributed by atoms with Gasteiger partial charge in [0.2, 0.25) is 0 Å². The van der Waals surface area contributed by atoms with Gasteiger partial charge in [-0.3, -0.25) is 9.36 Å². The number of ether oxygens (including phenoxy) is 1. The first-order valence-electron chi connectivity index (χ1n) is 9.59. The van der Waals surface area contributed by atoms with E-state index < -0.39 is 0 Å². The first-order valence-corrected chi connectivity index (χ1v) is 9.59. The van der Waals surface area contributed by atoms with E-state index in [9.17, 15) is 9.59 Å². The molecule has 140 valence electrons. The van der Waals surface area contributed by atoms with E-state index in [-0.39, 0.29) is 29.3 Å². The van der Waals surface area contributed by atoms with Gasteiger partial charge in [0.1, 0.15) is 0 Å². The van der Waals surface area contributed by atoms with Gasteiger partial charge >= 0.3 is 5.69 Å². The standard InChI is InChI=1S/C20H27N3O3/c1-4-22(15-9-10-26-20(2,3)12-15)18(24)13-5-8-16-17(11-13)23(14-6-7-14)19(25)21-16/h5,8,11,14-15H,4,6-7,9-10,12H2,1-3H3,(H,21,25).